The molecule has 1 atom stereocenters. The van der Waals surface area contributed by atoms with Crippen molar-refractivity contribution in [2.45, 2.75) is 59.2 Å². The fraction of sp³-hybridized carbons (Fsp3) is 0.846. The number of aromatic nitrogens is 2. The fourth-order valence-electron chi connectivity index (χ4n) is 2.45. The van der Waals surface area contributed by atoms with E-state index in [0.717, 1.165) is 6.54 Å². The zero-order valence-corrected chi connectivity index (χ0v) is 11.8. The van der Waals surface area contributed by atoms with E-state index in [1.807, 2.05) is 0 Å². The first-order valence-corrected chi connectivity index (χ1v) is 6.90. The molecule has 1 fully saturated rings. The Balaban J connectivity index is 2.00. The third-order valence-electron chi connectivity index (χ3n) is 3.43. The van der Waals surface area contributed by atoms with E-state index in [1.54, 1.807) is 0 Å². The number of nitrogens with one attached hydrogen (secondary N) is 1. The van der Waals surface area contributed by atoms with Crippen molar-refractivity contribution in [3.05, 3.63) is 5.89 Å². The van der Waals surface area contributed by atoms with Crippen LogP contribution in [0.3, 0.4) is 0 Å². The van der Waals surface area contributed by atoms with E-state index in [2.05, 4.69) is 48.1 Å². The zero-order valence-electron chi connectivity index (χ0n) is 11.8. The molecule has 1 aliphatic rings. The second-order valence-corrected chi connectivity index (χ2v) is 5.66. The van der Waals surface area contributed by atoms with Crippen LogP contribution < -0.4 is 10.2 Å². The van der Waals surface area contributed by atoms with Gasteiger partial charge in [0.25, 0.3) is 0 Å². The third-order valence-corrected chi connectivity index (χ3v) is 3.43. The lowest BCUT2D eigenvalue weighted by molar-refractivity contribution is 0.422. The molecule has 2 heterocycles. The van der Waals surface area contributed by atoms with Crippen LogP contribution in [0.25, 0.3) is 0 Å². The number of nitrogens with zero attached hydrogens (tertiary/aromatic N) is 3. The molecule has 102 valence electrons. The molecule has 1 aromatic heterocycles. The quantitative estimate of drug-likeness (QED) is 0.870. The minimum absolute atomic E-state index is 0.426. The molecule has 0 saturated carbocycles. The Labute approximate surface area is 109 Å². The zero-order chi connectivity index (χ0) is 13.1. The van der Waals surface area contributed by atoms with Gasteiger partial charge in [-0.3, -0.25) is 0 Å². The first-order chi connectivity index (χ1) is 8.58. The van der Waals surface area contributed by atoms with E-state index in [1.165, 1.54) is 12.8 Å². The van der Waals surface area contributed by atoms with E-state index < -0.39 is 0 Å². The van der Waals surface area contributed by atoms with Gasteiger partial charge >= 0.3 is 6.01 Å². The topological polar surface area (TPSA) is 54.2 Å². The molecule has 5 heteroatoms. The molecule has 1 N–H and O–H groups in total. The third kappa shape index (κ3) is 3.02. The highest BCUT2D eigenvalue weighted by atomic mass is 16.4. The van der Waals surface area contributed by atoms with E-state index in [9.17, 15) is 0 Å². The van der Waals surface area contributed by atoms with E-state index >= 15 is 0 Å². The van der Waals surface area contributed by atoms with Crippen LogP contribution >= 0.6 is 0 Å². The van der Waals surface area contributed by atoms with Gasteiger partial charge in [-0.25, -0.2) is 0 Å². The summed E-state index contributed by atoms with van der Waals surface area (Å²) in [5.74, 6) is 1.30. The molecule has 0 radical (unpaired) electrons. The molecular formula is C13H24N4O. The number of rotatable bonds is 5. The van der Waals surface area contributed by atoms with Gasteiger partial charge in [-0.1, -0.05) is 32.8 Å². The molecule has 0 aromatic carbocycles. The van der Waals surface area contributed by atoms with Crippen molar-refractivity contribution >= 4 is 6.01 Å². The second kappa shape index (κ2) is 5.69. The van der Waals surface area contributed by atoms with Gasteiger partial charge in [0.2, 0.25) is 5.89 Å². The Morgan fingerprint density at radius 2 is 2.11 bits per heavy atom. The van der Waals surface area contributed by atoms with Gasteiger partial charge in [0.1, 0.15) is 0 Å². The first-order valence-electron chi connectivity index (χ1n) is 6.90. The molecular weight excluding hydrogens is 228 g/mol. The maximum atomic E-state index is 5.74. The Morgan fingerprint density at radius 3 is 2.78 bits per heavy atom. The Hall–Kier alpha value is -1.10. The van der Waals surface area contributed by atoms with Crippen LogP contribution in [-0.4, -0.2) is 28.8 Å². The summed E-state index contributed by atoms with van der Waals surface area (Å²) in [5.41, 5.74) is 0. The first kappa shape index (κ1) is 13.3. The predicted octanol–water partition coefficient (Wildman–Crippen LogP) is 2.19. The molecule has 0 spiro atoms. The molecule has 1 unspecified atom stereocenters. The van der Waals surface area contributed by atoms with Crippen molar-refractivity contribution in [2.24, 2.45) is 5.92 Å². The highest BCUT2D eigenvalue weighted by Gasteiger charge is 2.30. The minimum atomic E-state index is 0.426. The van der Waals surface area contributed by atoms with Crippen LogP contribution in [-0.2, 0) is 6.54 Å². The van der Waals surface area contributed by atoms with Crippen molar-refractivity contribution in [2.75, 3.05) is 11.4 Å². The number of hydrogen-bond acceptors (Lipinski definition) is 5. The van der Waals surface area contributed by atoms with Crippen molar-refractivity contribution in [1.82, 2.24) is 15.5 Å². The minimum Gasteiger partial charge on any atom is -0.407 e. The summed E-state index contributed by atoms with van der Waals surface area (Å²) in [6.07, 6.45) is 2.43. The summed E-state index contributed by atoms with van der Waals surface area (Å²) < 4.78 is 5.74. The summed E-state index contributed by atoms with van der Waals surface area (Å²) in [6, 6.07) is 1.65. The molecule has 1 aromatic rings. The van der Waals surface area contributed by atoms with Crippen LogP contribution in [0, 0.1) is 5.92 Å². The van der Waals surface area contributed by atoms with Gasteiger partial charge < -0.3 is 14.6 Å². The van der Waals surface area contributed by atoms with Gasteiger partial charge in [-0.05, 0) is 18.8 Å². The summed E-state index contributed by atoms with van der Waals surface area (Å²) in [6.45, 7) is 10.4. The lowest BCUT2D eigenvalue weighted by atomic mass is 10.0. The Bertz CT molecular complexity index is 375. The molecule has 18 heavy (non-hydrogen) atoms. The average molecular weight is 252 g/mol. The van der Waals surface area contributed by atoms with Gasteiger partial charge in [0.05, 0.1) is 6.54 Å². The summed E-state index contributed by atoms with van der Waals surface area (Å²) in [7, 11) is 0. The van der Waals surface area contributed by atoms with Crippen molar-refractivity contribution in [3.63, 3.8) is 0 Å². The van der Waals surface area contributed by atoms with Crippen molar-refractivity contribution < 1.29 is 4.42 Å². The molecule has 0 amide bonds. The van der Waals surface area contributed by atoms with E-state index in [4.69, 9.17) is 4.42 Å². The largest absolute Gasteiger partial charge is 0.407 e. The number of anilines is 1. The lowest BCUT2D eigenvalue weighted by Gasteiger charge is -2.25. The number of hydrogen-bond donors (Lipinski definition) is 1. The van der Waals surface area contributed by atoms with Crippen LogP contribution in [0.1, 0.15) is 46.4 Å². The van der Waals surface area contributed by atoms with Crippen molar-refractivity contribution in [1.29, 1.82) is 0 Å². The monoisotopic (exact) mass is 252 g/mol. The van der Waals surface area contributed by atoms with E-state index in [-0.39, 0.29) is 0 Å². The Kier molecular flexibility index (Phi) is 4.22. The van der Waals surface area contributed by atoms with Gasteiger partial charge in [-0.2, -0.15) is 0 Å². The highest BCUT2D eigenvalue weighted by molar-refractivity contribution is 5.29. The standard InChI is InChI=1S/C13H24N4O/c1-9(2)11-6-5-7-17(11)13-16-15-12(18-13)8-14-10(3)4/h9-11,14H,5-8H2,1-4H3. The molecule has 1 saturated heterocycles. The SMILES string of the molecule is CC(C)NCc1nnc(N2CCCC2C(C)C)o1. The van der Waals surface area contributed by atoms with Crippen LogP contribution in [0.2, 0.25) is 0 Å². The van der Waals surface area contributed by atoms with Gasteiger partial charge in [0.15, 0.2) is 0 Å². The van der Waals surface area contributed by atoms with Crippen LogP contribution in [0.5, 0.6) is 0 Å². The molecule has 0 aliphatic carbocycles. The fourth-order valence-corrected chi connectivity index (χ4v) is 2.45. The summed E-state index contributed by atoms with van der Waals surface area (Å²) in [4.78, 5) is 2.26. The van der Waals surface area contributed by atoms with Crippen LogP contribution in [0.15, 0.2) is 4.42 Å². The van der Waals surface area contributed by atoms with Crippen molar-refractivity contribution in [3.8, 4) is 0 Å². The lowest BCUT2D eigenvalue weighted by Crippen LogP contribution is -2.33. The smallest absolute Gasteiger partial charge is 0.318 e. The summed E-state index contributed by atoms with van der Waals surface area (Å²) >= 11 is 0. The molecule has 5 nitrogen and oxygen atoms in total. The van der Waals surface area contributed by atoms with Gasteiger partial charge in [0, 0.05) is 18.6 Å². The van der Waals surface area contributed by atoms with E-state index in [0.29, 0.717) is 36.5 Å². The maximum Gasteiger partial charge on any atom is 0.318 e. The van der Waals surface area contributed by atoms with Gasteiger partial charge in [-0.15, -0.1) is 5.10 Å². The highest BCUT2D eigenvalue weighted by Crippen LogP contribution is 2.28. The molecule has 0 bridgehead atoms. The summed E-state index contributed by atoms with van der Waals surface area (Å²) in [5, 5.41) is 11.6. The van der Waals surface area contributed by atoms with Crippen LogP contribution in [0.4, 0.5) is 6.01 Å². The normalized spacial score (nSPS) is 20.3. The molecule has 1 aliphatic heterocycles. The predicted molar refractivity (Wildman–Crippen MR) is 71.5 cm³/mol. The maximum absolute atomic E-state index is 5.74. The second-order valence-electron chi connectivity index (χ2n) is 5.66. The molecule has 2 rings (SSSR count). The Morgan fingerprint density at radius 1 is 1.33 bits per heavy atom. The average Bonchev–Trinajstić information content (AvgIpc) is 2.94.